The van der Waals surface area contributed by atoms with Gasteiger partial charge in [-0.2, -0.15) is 0 Å². The number of ether oxygens (including phenoxy) is 1. The van der Waals surface area contributed by atoms with Crippen LogP contribution < -0.4 is 0 Å². The van der Waals surface area contributed by atoms with Gasteiger partial charge in [-0.25, -0.2) is 0 Å². The third-order valence-electron chi connectivity index (χ3n) is 4.54. The van der Waals surface area contributed by atoms with Crippen molar-refractivity contribution in [2.24, 2.45) is 29.6 Å². The van der Waals surface area contributed by atoms with Crippen LogP contribution in [0.5, 0.6) is 0 Å². The van der Waals surface area contributed by atoms with Gasteiger partial charge in [-0.05, 0) is 25.2 Å². The highest BCUT2D eigenvalue weighted by Gasteiger charge is 2.52. The van der Waals surface area contributed by atoms with Crippen molar-refractivity contribution in [3.8, 4) is 0 Å². The standard InChI is InChI=1S/C13H20O3/c1-4-9-7(2)5-10-12(11(9)6-14)8(3)16-13(10)15/h6-12H,4-5H2,1-3H3/t7-,8+,9+,10+,11-,12+/m0/s1. The number of fused-ring (bicyclic) bond motifs is 1. The minimum atomic E-state index is -0.0919. The van der Waals surface area contributed by atoms with Gasteiger partial charge in [0.25, 0.3) is 0 Å². The van der Waals surface area contributed by atoms with E-state index in [1.165, 1.54) is 0 Å². The van der Waals surface area contributed by atoms with Crippen LogP contribution in [0.15, 0.2) is 0 Å². The third-order valence-corrected chi connectivity index (χ3v) is 4.54. The Morgan fingerprint density at radius 3 is 2.69 bits per heavy atom. The summed E-state index contributed by atoms with van der Waals surface area (Å²) in [6, 6.07) is 0. The molecule has 0 aromatic heterocycles. The van der Waals surface area contributed by atoms with Crippen LogP contribution in [0.3, 0.4) is 0 Å². The van der Waals surface area contributed by atoms with Crippen LogP contribution >= 0.6 is 0 Å². The molecule has 0 radical (unpaired) electrons. The van der Waals surface area contributed by atoms with Crippen molar-refractivity contribution in [2.45, 2.75) is 39.7 Å². The predicted molar refractivity (Wildman–Crippen MR) is 59.7 cm³/mol. The van der Waals surface area contributed by atoms with Gasteiger partial charge in [0, 0.05) is 11.8 Å². The van der Waals surface area contributed by atoms with E-state index in [1.807, 2.05) is 6.92 Å². The van der Waals surface area contributed by atoms with Crippen LogP contribution in [0.2, 0.25) is 0 Å². The van der Waals surface area contributed by atoms with Gasteiger partial charge in [0.1, 0.15) is 12.4 Å². The molecule has 0 spiro atoms. The fraction of sp³-hybridized carbons (Fsp3) is 0.846. The summed E-state index contributed by atoms with van der Waals surface area (Å²) < 4.78 is 5.28. The summed E-state index contributed by atoms with van der Waals surface area (Å²) in [5, 5.41) is 0. The molecule has 3 heteroatoms. The summed E-state index contributed by atoms with van der Waals surface area (Å²) in [4.78, 5) is 23.0. The maximum atomic E-state index is 11.7. The maximum absolute atomic E-state index is 11.7. The Kier molecular flexibility index (Phi) is 3.04. The molecule has 1 saturated carbocycles. The highest BCUT2D eigenvalue weighted by atomic mass is 16.6. The molecule has 1 aliphatic carbocycles. The molecule has 1 saturated heterocycles. The minimum absolute atomic E-state index is 0.000185. The molecule has 6 atom stereocenters. The van der Waals surface area contributed by atoms with Crippen molar-refractivity contribution in [3.63, 3.8) is 0 Å². The maximum Gasteiger partial charge on any atom is 0.309 e. The molecule has 1 heterocycles. The van der Waals surface area contributed by atoms with Gasteiger partial charge in [0.2, 0.25) is 0 Å². The normalized spacial score (nSPS) is 47.3. The predicted octanol–water partition coefficient (Wildman–Crippen LogP) is 2.05. The third kappa shape index (κ3) is 1.57. The molecule has 1 aliphatic heterocycles. The first-order valence-electron chi connectivity index (χ1n) is 6.25. The van der Waals surface area contributed by atoms with E-state index in [0.29, 0.717) is 11.8 Å². The van der Waals surface area contributed by atoms with Crippen molar-refractivity contribution in [2.75, 3.05) is 0 Å². The van der Waals surface area contributed by atoms with Crippen molar-refractivity contribution in [1.82, 2.24) is 0 Å². The van der Waals surface area contributed by atoms with Crippen LogP contribution in [-0.2, 0) is 14.3 Å². The monoisotopic (exact) mass is 224 g/mol. The van der Waals surface area contributed by atoms with Crippen LogP contribution in [0, 0.1) is 29.6 Å². The van der Waals surface area contributed by atoms with Crippen LogP contribution in [-0.4, -0.2) is 18.4 Å². The molecule has 0 amide bonds. The number of hydrogen-bond acceptors (Lipinski definition) is 3. The molecule has 2 rings (SSSR count). The zero-order valence-electron chi connectivity index (χ0n) is 10.2. The largest absolute Gasteiger partial charge is 0.462 e. The lowest BCUT2D eigenvalue weighted by molar-refractivity contribution is -0.144. The van der Waals surface area contributed by atoms with Crippen molar-refractivity contribution >= 4 is 12.3 Å². The van der Waals surface area contributed by atoms with Gasteiger partial charge in [-0.1, -0.05) is 20.3 Å². The van der Waals surface area contributed by atoms with Crippen LogP contribution in [0.25, 0.3) is 0 Å². The number of hydrogen-bond donors (Lipinski definition) is 0. The van der Waals surface area contributed by atoms with E-state index >= 15 is 0 Å². The lowest BCUT2D eigenvalue weighted by Gasteiger charge is -2.40. The molecule has 0 N–H and O–H groups in total. The van der Waals surface area contributed by atoms with Gasteiger partial charge >= 0.3 is 5.97 Å². The fourth-order valence-corrected chi connectivity index (χ4v) is 3.77. The zero-order chi connectivity index (χ0) is 11.9. The van der Waals surface area contributed by atoms with Crippen LogP contribution in [0.4, 0.5) is 0 Å². The fourth-order valence-electron chi connectivity index (χ4n) is 3.77. The van der Waals surface area contributed by atoms with Crippen molar-refractivity contribution in [1.29, 1.82) is 0 Å². The lowest BCUT2D eigenvalue weighted by atomic mass is 9.61. The van der Waals surface area contributed by atoms with Crippen molar-refractivity contribution in [3.05, 3.63) is 0 Å². The number of aldehydes is 1. The Labute approximate surface area is 96.5 Å². The molecule has 0 aromatic rings. The van der Waals surface area contributed by atoms with Gasteiger partial charge in [0.15, 0.2) is 0 Å². The molecular weight excluding hydrogens is 204 g/mol. The second-order valence-electron chi connectivity index (χ2n) is 5.32. The highest BCUT2D eigenvalue weighted by molar-refractivity contribution is 5.76. The second kappa shape index (κ2) is 4.19. The Morgan fingerprint density at radius 2 is 2.12 bits per heavy atom. The number of carbonyl (C=O) groups excluding carboxylic acids is 2. The number of rotatable bonds is 2. The van der Waals surface area contributed by atoms with Gasteiger partial charge in [-0.15, -0.1) is 0 Å². The molecule has 3 nitrogen and oxygen atoms in total. The van der Waals surface area contributed by atoms with E-state index in [0.717, 1.165) is 19.1 Å². The quantitative estimate of drug-likeness (QED) is 0.532. The van der Waals surface area contributed by atoms with Crippen molar-refractivity contribution < 1.29 is 14.3 Å². The van der Waals surface area contributed by atoms with Gasteiger partial charge in [0.05, 0.1) is 5.92 Å². The average Bonchev–Trinajstić information content (AvgIpc) is 2.52. The summed E-state index contributed by atoms with van der Waals surface area (Å²) in [5.74, 6) is 0.843. The molecule has 0 unspecified atom stereocenters. The summed E-state index contributed by atoms with van der Waals surface area (Å²) in [6.45, 7) is 6.19. The van der Waals surface area contributed by atoms with E-state index in [4.69, 9.17) is 4.74 Å². The summed E-state index contributed by atoms with van der Waals surface area (Å²) in [6.07, 6.45) is 2.86. The van der Waals surface area contributed by atoms with E-state index in [1.54, 1.807) is 0 Å². The molecular formula is C13H20O3. The first kappa shape index (κ1) is 11.6. The summed E-state index contributed by atoms with van der Waals surface area (Å²) >= 11 is 0. The Hall–Kier alpha value is -0.860. The lowest BCUT2D eigenvalue weighted by Crippen LogP contribution is -2.42. The Balaban J connectivity index is 2.29. The summed E-state index contributed by atoms with van der Waals surface area (Å²) in [7, 11) is 0. The van der Waals surface area contributed by atoms with Gasteiger partial charge < -0.3 is 9.53 Å². The summed E-state index contributed by atoms with van der Waals surface area (Å²) in [5.41, 5.74) is 0. The van der Waals surface area contributed by atoms with E-state index < -0.39 is 0 Å². The SMILES string of the molecule is CC[C@H]1[C@H](C=O)[C@@H]2[C@@H](C)OC(=O)[C@@H]2C[C@@H]1C. The average molecular weight is 224 g/mol. The van der Waals surface area contributed by atoms with Gasteiger partial charge in [-0.3, -0.25) is 4.79 Å². The second-order valence-corrected chi connectivity index (χ2v) is 5.32. The number of cyclic esters (lactones) is 1. The first-order valence-corrected chi connectivity index (χ1v) is 6.25. The topological polar surface area (TPSA) is 43.4 Å². The van der Waals surface area contributed by atoms with E-state index in [-0.39, 0.29) is 29.8 Å². The molecule has 2 fully saturated rings. The zero-order valence-corrected chi connectivity index (χ0v) is 10.2. The molecule has 2 aliphatic rings. The highest BCUT2D eigenvalue weighted by Crippen LogP contribution is 2.48. The smallest absolute Gasteiger partial charge is 0.309 e. The van der Waals surface area contributed by atoms with Crippen LogP contribution in [0.1, 0.15) is 33.6 Å². The number of esters is 1. The molecule has 0 aromatic carbocycles. The van der Waals surface area contributed by atoms with E-state index in [9.17, 15) is 9.59 Å². The molecule has 0 bridgehead atoms. The number of carbonyl (C=O) groups is 2. The first-order chi connectivity index (χ1) is 7.60. The minimum Gasteiger partial charge on any atom is -0.462 e. The Morgan fingerprint density at radius 1 is 1.44 bits per heavy atom. The Bertz CT molecular complexity index is 300. The van der Waals surface area contributed by atoms with E-state index in [2.05, 4.69) is 13.8 Å². The molecule has 90 valence electrons. The molecule has 16 heavy (non-hydrogen) atoms.